The Morgan fingerprint density at radius 1 is 1.73 bits per heavy atom. The summed E-state index contributed by atoms with van der Waals surface area (Å²) < 4.78 is 0. The number of nitrogens with one attached hydrogen (secondary N) is 1. The van der Waals surface area contributed by atoms with Gasteiger partial charge in [0.1, 0.15) is 0 Å². The number of carbonyl (C=O) groups is 1. The molecule has 1 saturated heterocycles. The van der Waals surface area contributed by atoms with Gasteiger partial charge in [-0.2, -0.15) is 0 Å². The van der Waals surface area contributed by atoms with Crippen LogP contribution in [0.4, 0.5) is 0 Å². The van der Waals surface area contributed by atoms with Crippen molar-refractivity contribution in [3.05, 3.63) is 0 Å². The molecule has 2 heteroatoms. The van der Waals surface area contributed by atoms with Gasteiger partial charge in [0, 0.05) is 12.8 Å². The zero-order chi connectivity index (χ0) is 8.10. The Hall–Kier alpha value is -0.810. The zero-order valence-corrected chi connectivity index (χ0v) is 6.60. The van der Waals surface area contributed by atoms with Crippen LogP contribution >= 0.6 is 0 Å². The maximum absolute atomic E-state index is 11.2. The van der Waals surface area contributed by atoms with E-state index in [1.807, 2.05) is 0 Å². The minimum absolute atomic E-state index is 0.100. The predicted molar refractivity (Wildman–Crippen MR) is 44.1 cm³/mol. The van der Waals surface area contributed by atoms with Gasteiger partial charge in [0.05, 0.1) is 6.04 Å². The molecule has 1 rings (SSSR count). The molecular formula is C9H13NO. The van der Waals surface area contributed by atoms with Crippen molar-refractivity contribution in [1.82, 2.24) is 5.32 Å². The van der Waals surface area contributed by atoms with Gasteiger partial charge in [0.25, 0.3) is 0 Å². The molecule has 0 aromatic rings. The highest BCUT2D eigenvalue weighted by Crippen LogP contribution is 2.08. The van der Waals surface area contributed by atoms with E-state index in [1.165, 1.54) is 0 Å². The lowest BCUT2D eigenvalue weighted by Gasteiger charge is -2.06. The normalized spacial score (nSPS) is 23.0. The molecule has 0 aliphatic carbocycles. The van der Waals surface area contributed by atoms with Gasteiger partial charge in [-0.1, -0.05) is 0 Å². The van der Waals surface area contributed by atoms with Crippen LogP contribution in [0.2, 0.25) is 0 Å². The highest BCUT2D eigenvalue weighted by Gasteiger charge is 2.20. The van der Waals surface area contributed by atoms with Crippen molar-refractivity contribution in [1.29, 1.82) is 0 Å². The molecule has 2 nitrogen and oxygen atoms in total. The minimum Gasteiger partial charge on any atom is -0.307 e. The van der Waals surface area contributed by atoms with Crippen molar-refractivity contribution in [3.63, 3.8) is 0 Å². The van der Waals surface area contributed by atoms with Gasteiger partial charge in [0.15, 0.2) is 5.78 Å². The summed E-state index contributed by atoms with van der Waals surface area (Å²) >= 11 is 0. The third-order valence-corrected chi connectivity index (χ3v) is 1.96. The number of rotatable bonds is 3. The van der Waals surface area contributed by atoms with E-state index in [9.17, 15) is 4.79 Å². The highest BCUT2D eigenvalue weighted by molar-refractivity contribution is 5.84. The third kappa shape index (κ3) is 2.36. The van der Waals surface area contributed by atoms with Gasteiger partial charge in [-0.3, -0.25) is 4.79 Å². The largest absolute Gasteiger partial charge is 0.307 e. The summed E-state index contributed by atoms with van der Waals surface area (Å²) in [6.45, 7) is 0.979. The van der Waals surface area contributed by atoms with Crippen LogP contribution < -0.4 is 5.32 Å². The molecule has 1 atom stereocenters. The van der Waals surface area contributed by atoms with Crippen molar-refractivity contribution < 1.29 is 4.79 Å². The Bertz CT molecular complexity index is 174. The lowest BCUT2D eigenvalue weighted by Crippen LogP contribution is -2.30. The van der Waals surface area contributed by atoms with Crippen molar-refractivity contribution >= 4 is 5.78 Å². The van der Waals surface area contributed by atoms with Gasteiger partial charge >= 0.3 is 0 Å². The molecule has 0 saturated carbocycles. The average Bonchev–Trinajstić information content (AvgIpc) is 2.52. The Morgan fingerprint density at radius 3 is 3.09 bits per heavy atom. The Labute approximate surface area is 67.4 Å². The van der Waals surface area contributed by atoms with Gasteiger partial charge in [-0.15, -0.1) is 12.3 Å². The maximum Gasteiger partial charge on any atom is 0.150 e. The molecule has 0 aromatic carbocycles. The van der Waals surface area contributed by atoms with Crippen molar-refractivity contribution in [2.75, 3.05) is 6.54 Å². The predicted octanol–water partition coefficient (Wildman–Crippen LogP) is 0.721. The summed E-state index contributed by atoms with van der Waals surface area (Å²) in [7, 11) is 0. The van der Waals surface area contributed by atoms with E-state index in [2.05, 4.69) is 11.2 Å². The molecule has 1 aliphatic rings. The van der Waals surface area contributed by atoms with Crippen LogP contribution in [0.25, 0.3) is 0 Å². The fraction of sp³-hybridized carbons (Fsp3) is 0.667. The standard InChI is InChI=1S/C9H13NO/c1-2-3-6-9(11)8-5-4-7-10-8/h1,8,10H,3-7H2/t8-/m1/s1. The van der Waals surface area contributed by atoms with E-state index >= 15 is 0 Å². The Balaban J connectivity index is 2.24. The zero-order valence-electron chi connectivity index (χ0n) is 6.60. The van der Waals surface area contributed by atoms with Crippen LogP contribution in [0.1, 0.15) is 25.7 Å². The molecule has 0 bridgehead atoms. The molecule has 1 aliphatic heterocycles. The minimum atomic E-state index is 0.100. The number of terminal acetylenes is 1. The lowest BCUT2D eigenvalue weighted by molar-refractivity contribution is -0.120. The molecule has 0 spiro atoms. The van der Waals surface area contributed by atoms with E-state index in [0.29, 0.717) is 12.8 Å². The third-order valence-electron chi connectivity index (χ3n) is 1.96. The summed E-state index contributed by atoms with van der Waals surface area (Å²) in [5.74, 6) is 2.75. The van der Waals surface area contributed by atoms with E-state index < -0.39 is 0 Å². The highest BCUT2D eigenvalue weighted by atomic mass is 16.1. The maximum atomic E-state index is 11.2. The summed E-state index contributed by atoms with van der Waals surface area (Å²) in [4.78, 5) is 11.2. The van der Waals surface area contributed by atoms with Gasteiger partial charge < -0.3 is 5.32 Å². The van der Waals surface area contributed by atoms with E-state index in [0.717, 1.165) is 19.4 Å². The molecule has 1 heterocycles. The van der Waals surface area contributed by atoms with Crippen LogP contribution in [0.5, 0.6) is 0 Å². The quantitative estimate of drug-likeness (QED) is 0.602. The van der Waals surface area contributed by atoms with Crippen LogP contribution in [0, 0.1) is 12.3 Å². The SMILES string of the molecule is C#CCCC(=O)[C@H]1CCCN1. The van der Waals surface area contributed by atoms with Crippen LogP contribution in [0.15, 0.2) is 0 Å². The molecule has 0 aromatic heterocycles. The van der Waals surface area contributed by atoms with Crippen molar-refractivity contribution in [3.8, 4) is 12.3 Å². The number of Topliss-reactive ketones (excluding diaryl/α,β-unsaturated/α-hetero) is 1. The number of carbonyl (C=O) groups excluding carboxylic acids is 1. The van der Waals surface area contributed by atoms with E-state index in [-0.39, 0.29) is 11.8 Å². The number of hydrogen-bond acceptors (Lipinski definition) is 2. The number of hydrogen-bond donors (Lipinski definition) is 1. The second-order valence-electron chi connectivity index (χ2n) is 2.82. The Morgan fingerprint density at radius 2 is 2.55 bits per heavy atom. The second-order valence-corrected chi connectivity index (χ2v) is 2.82. The second kappa shape index (κ2) is 4.15. The Kier molecular flexibility index (Phi) is 3.13. The first-order valence-electron chi connectivity index (χ1n) is 4.04. The molecule has 1 N–H and O–H groups in total. The smallest absolute Gasteiger partial charge is 0.150 e. The summed E-state index contributed by atoms with van der Waals surface area (Å²) in [5.41, 5.74) is 0. The van der Waals surface area contributed by atoms with E-state index in [4.69, 9.17) is 6.42 Å². The first kappa shape index (κ1) is 8.29. The summed E-state index contributed by atoms with van der Waals surface area (Å²) in [6.07, 6.45) is 8.28. The summed E-state index contributed by atoms with van der Waals surface area (Å²) in [6, 6.07) is 0.100. The fourth-order valence-electron chi connectivity index (χ4n) is 1.33. The van der Waals surface area contributed by atoms with Gasteiger partial charge in [-0.05, 0) is 19.4 Å². The van der Waals surface area contributed by atoms with Crippen molar-refractivity contribution in [2.45, 2.75) is 31.7 Å². The van der Waals surface area contributed by atoms with Crippen LogP contribution in [-0.4, -0.2) is 18.4 Å². The molecule has 0 unspecified atom stereocenters. The molecule has 60 valence electrons. The van der Waals surface area contributed by atoms with Gasteiger partial charge in [0.2, 0.25) is 0 Å². The fourth-order valence-corrected chi connectivity index (χ4v) is 1.33. The number of ketones is 1. The topological polar surface area (TPSA) is 29.1 Å². The average molecular weight is 151 g/mol. The monoisotopic (exact) mass is 151 g/mol. The molecule has 0 radical (unpaired) electrons. The van der Waals surface area contributed by atoms with Gasteiger partial charge in [-0.25, -0.2) is 0 Å². The van der Waals surface area contributed by atoms with E-state index in [1.54, 1.807) is 0 Å². The first-order chi connectivity index (χ1) is 5.34. The molecule has 1 fully saturated rings. The lowest BCUT2D eigenvalue weighted by atomic mass is 10.1. The van der Waals surface area contributed by atoms with Crippen LogP contribution in [-0.2, 0) is 4.79 Å². The molecule has 0 amide bonds. The summed E-state index contributed by atoms with van der Waals surface area (Å²) in [5, 5.41) is 3.15. The molecule has 11 heavy (non-hydrogen) atoms. The molecular weight excluding hydrogens is 138 g/mol. The first-order valence-corrected chi connectivity index (χ1v) is 4.04. The van der Waals surface area contributed by atoms with Crippen molar-refractivity contribution in [2.24, 2.45) is 0 Å². The van der Waals surface area contributed by atoms with Crippen LogP contribution in [0.3, 0.4) is 0 Å².